The van der Waals surface area contributed by atoms with Crippen LogP contribution in [0, 0.1) is 11.8 Å². The summed E-state index contributed by atoms with van der Waals surface area (Å²) in [5.41, 5.74) is 0.880. The number of nitrogens with zero attached hydrogens (tertiary/aromatic N) is 4. The van der Waals surface area contributed by atoms with Gasteiger partial charge in [0.25, 0.3) is 0 Å². The van der Waals surface area contributed by atoms with Gasteiger partial charge in [0.15, 0.2) is 5.82 Å². The summed E-state index contributed by atoms with van der Waals surface area (Å²) in [6.45, 7) is 4.00. The zero-order valence-electron chi connectivity index (χ0n) is 15.8. The maximum atomic E-state index is 11.9. The highest BCUT2D eigenvalue weighted by Gasteiger charge is 2.33. The molecule has 3 aromatic rings. The van der Waals surface area contributed by atoms with Crippen LogP contribution in [0.5, 0.6) is 11.6 Å². The van der Waals surface area contributed by atoms with Crippen molar-refractivity contribution in [3.8, 4) is 11.6 Å². The van der Waals surface area contributed by atoms with Crippen LogP contribution >= 0.6 is 0 Å². The van der Waals surface area contributed by atoms with Crippen molar-refractivity contribution in [1.29, 1.82) is 0 Å². The van der Waals surface area contributed by atoms with Crippen LogP contribution in [0.25, 0.3) is 0 Å². The number of tetrazole rings is 1. The quantitative estimate of drug-likeness (QED) is 0.583. The average Bonchev–Trinajstić information content (AvgIpc) is 3.21. The van der Waals surface area contributed by atoms with Gasteiger partial charge in [-0.15, -0.1) is 10.2 Å². The minimum absolute atomic E-state index is 0.232. The first-order chi connectivity index (χ1) is 13.5. The lowest BCUT2D eigenvalue weighted by atomic mass is 9.81. The third kappa shape index (κ3) is 5.12. The van der Waals surface area contributed by atoms with Gasteiger partial charge < -0.3 is 9.84 Å². The maximum absolute atomic E-state index is 11.9. The first-order valence-corrected chi connectivity index (χ1v) is 9.17. The molecule has 0 spiro atoms. The second-order valence-corrected chi connectivity index (χ2v) is 7.07. The van der Waals surface area contributed by atoms with Crippen LogP contribution in [0.15, 0.2) is 48.7 Å². The minimum Gasteiger partial charge on any atom is -0.481 e. The molecule has 0 aliphatic rings. The summed E-state index contributed by atoms with van der Waals surface area (Å²) < 4.78 is 5.70. The van der Waals surface area contributed by atoms with Crippen LogP contribution in [0.2, 0.25) is 0 Å². The number of H-pyrrole nitrogens is 1. The lowest BCUT2D eigenvalue weighted by molar-refractivity contribution is -0.143. The summed E-state index contributed by atoms with van der Waals surface area (Å²) in [5, 5.41) is 23.9. The molecule has 0 radical (unpaired) electrons. The van der Waals surface area contributed by atoms with Crippen molar-refractivity contribution in [2.75, 3.05) is 0 Å². The summed E-state index contributed by atoms with van der Waals surface area (Å²) in [6, 6.07) is 13.1. The van der Waals surface area contributed by atoms with E-state index < -0.39 is 17.8 Å². The van der Waals surface area contributed by atoms with Gasteiger partial charge in [-0.2, -0.15) is 5.21 Å². The summed E-state index contributed by atoms with van der Waals surface area (Å²) >= 11 is 0. The molecule has 3 rings (SSSR count). The molecule has 0 bridgehead atoms. The van der Waals surface area contributed by atoms with E-state index in [2.05, 4.69) is 25.6 Å². The van der Waals surface area contributed by atoms with E-state index in [9.17, 15) is 9.90 Å². The number of carboxylic acids is 1. The predicted molar refractivity (Wildman–Crippen MR) is 102 cm³/mol. The molecule has 2 heterocycles. The Hall–Kier alpha value is -3.29. The summed E-state index contributed by atoms with van der Waals surface area (Å²) in [5.74, 6) is -0.0639. The van der Waals surface area contributed by atoms with Crippen molar-refractivity contribution < 1.29 is 14.6 Å². The van der Waals surface area contributed by atoms with E-state index in [1.807, 2.05) is 50.2 Å². The molecule has 0 amide bonds. The number of benzene rings is 1. The molecule has 2 N–H and O–H groups in total. The molecule has 0 unspecified atom stereocenters. The molecule has 146 valence electrons. The number of carboxylic acid groups (broad SMARTS) is 1. The number of nitrogens with one attached hydrogen (secondary N) is 1. The zero-order chi connectivity index (χ0) is 19.9. The van der Waals surface area contributed by atoms with Crippen LogP contribution < -0.4 is 4.74 Å². The van der Waals surface area contributed by atoms with Gasteiger partial charge in [0.1, 0.15) is 5.75 Å². The van der Waals surface area contributed by atoms with E-state index in [4.69, 9.17) is 4.74 Å². The molecule has 2 atom stereocenters. The molecule has 0 fully saturated rings. The standard InChI is InChI=1S/C20H23N5O3/c1-13(2)10-17(20(26)27)16(19-22-24-25-23-19)11-14-8-9-18(21-12-14)28-15-6-4-3-5-7-15/h3-9,12-13,16-17H,10-11H2,1-2H3,(H,26,27)(H,22,23,24,25)/t16-,17-/m0/s1. The van der Waals surface area contributed by atoms with Gasteiger partial charge in [-0.1, -0.05) is 43.3 Å². The van der Waals surface area contributed by atoms with E-state index in [0.717, 1.165) is 5.56 Å². The van der Waals surface area contributed by atoms with Gasteiger partial charge in [0, 0.05) is 18.2 Å². The Kier molecular flexibility index (Phi) is 6.31. The van der Waals surface area contributed by atoms with E-state index in [1.54, 1.807) is 12.3 Å². The largest absolute Gasteiger partial charge is 0.481 e. The van der Waals surface area contributed by atoms with Crippen molar-refractivity contribution in [1.82, 2.24) is 25.6 Å². The summed E-state index contributed by atoms with van der Waals surface area (Å²) in [4.78, 5) is 16.2. The van der Waals surface area contributed by atoms with Crippen molar-refractivity contribution >= 4 is 5.97 Å². The molecule has 1 aromatic carbocycles. The maximum Gasteiger partial charge on any atom is 0.307 e. The molecule has 28 heavy (non-hydrogen) atoms. The highest BCUT2D eigenvalue weighted by Crippen LogP contribution is 2.31. The van der Waals surface area contributed by atoms with E-state index in [-0.39, 0.29) is 5.92 Å². The first kappa shape index (κ1) is 19.5. The lowest BCUT2D eigenvalue weighted by Crippen LogP contribution is -2.26. The monoisotopic (exact) mass is 381 g/mol. The summed E-state index contributed by atoms with van der Waals surface area (Å²) in [7, 11) is 0. The number of aliphatic carboxylic acids is 1. The average molecular weight is 381 g/mol. The molecule has 0 aliphatic carbocycles. The van der Waals surface area contributed by atoms with Gasteiger partial charge in [0.05, 0.1) is 5.92 Å². The number of pyridine rings is 1. The second kappa shape index (κ2) is 9.07. The number of rotatable bonds is 9. The molecule has 8 nitrogen and oxygen atoms in total. The van der Waals surface area contributed by atoms with Crippen LogP contribution in [0.1, 0.15) is 37.6 Å². The van der Waals surface area contributed by atoms with Crippen LogP contribution in [-0.2, 0) is 11.2 Å². The highest BCUT2D eigenvalue weighted by molar-refractivity contribution is 5.71. The summed E-state index contributed by atoms with van der Waals surface area (Å²) in [6.07, 6.45) is 2.67. The Morgan fingerprint density at radius 3 is 2.54 bits per heavy atom. The molecule has 0 saturated carbocycles. The lowest BCUT2D eigenvalue weighted by Gasteiger charge is -2.23. The van der Waals surface area contributed by atoms with Crippen LogP contribution in [0.4, 0.5) is 0 Å². The fraction of sp³-hybridized carbons (Fsp3) is 0.350. The van der Waals surface area contributed by atoms with E-state index in [0.29, 0.717) is 30.3 Å². The number of aromatic nitrogens is 5. The molecular weight excluding hydrogens is 358 g/mol. The first-order valence-electron chi connectivity index (χ1n) is 9.17. The Bertz CT molecular complexity index is 867. The zero-order valence-corrected chi connectivity index (χ0v) is 15.8. The van der Waals surface area contributed by atoms with E-state index in [1.165, 1.54) is 0 Å². The van der Waals surface area contributed by atoms with Gasteiger partial charge in [0.2, 0.25) is 5.88 Å². The number of ether oxygens (including phenoxy) is 1. The van der Waals surface area contributed by atoms with E-state index >= 15 is 0 Å². The Morgan fingerprint density at radius 1 is 1.18 bits per heavy atom. The van der Waals surface area contributed by atoms with Gasteiger partial charge in [-0.3, -0.25) is 4.79 Å². The van der Waals surface area contributed by atoms with Gasteiger partial charge >= 0.3 is 5.97 Å². The third-order valence-electron chi connectivity index (χ3n) is 4.44. The van der Waals surface area contributed by atoms with Gasteiger partial charge in [-0.05, 0) is 36.5 Å². The number of carbonyl (C=O) groups is 1. The second-order valence-electron chi connectivity index (χ2n) is 7.07. The fourth-order valence-corrected chi connectivity index (χ4v) is 3.14. The van der Waals surface area contributed by atoms with Crippen molar-refractivity contribution in [2.24, 2.45) is 11.8 Å². The van der Waals surface area contributed by atoms with Crippen molar-refractivity contribution in [3.63, 3.8) is 0 Å². The third-order valence-corrected chi connectivity index (χ3v) is 4.44. The highest BCUT2D eigenvalue weighted by atomic mass is 16.5. The molecule has 2 aromatic heterocycles. The minimum atomic E-state index is -0.861. The topological polar surface area (TPSA) is 114 Å². The Morgan fingerprint density at radius 2 is 1.96 bits per heavy atom. The SMILES string of the molecule is CC(C)C[C@H](C(=O)O)[C@H](Cc1ccc(Oc2ccccc2)nc1)c1nn[nH]n1. The smallest absolute Gasteiger partial charge is 0.307 e. The Balaban J connectivity index is 1.78. The number of hydrogen-bond acceptors (Lipinski definition) is 6. The van der Waals surface area contributed by atoms with Gasteiger partial charge in [-0.25, -0.2) is 4.98 Å². The molecule has 8 heteroatoms. The molecular formula is C20H23N5O3. The normalized spacial score (nSPS) is 13.2. The molecule has 0 saturated heterocycles. The predicted octanol–water partition coefficient (Wildman–Crippen LogP) is 3.46. The van der Waals surface area contributed by atoms with Crippen LogP contribution in [-0.4, -0.2) is 36.7 Å². The number of aromatic amines is 1. The van der Waals surface area contributed by atoms with Crippen molar-refractivity contribution in [2.45, 2.75) is 32.6 Å². The molecule has 0 aliphatic heterocycles. The number of hydrogen-bond donors (Lipinski definition) is 2. The number of para-hydroxylation sites is 1. The Labute approximate surface area is 163 Å². The van der Waals surface area contributed by atoms with Crippen LogP contribution in [0.3, 0.4) is 0 Å². The van der Waals surface area contributed by atoms with Crippen molar-refractivity contribution in [3.05, 3.63) is 60.0 Å². The fourth-order valence-electron chi connectivity index (χ4n) is 3.14.